The van der Waals surface area contributed by atoms with Gasteiger partial charge in [0.15, 0.2) is 0 Å². The monoisotopic (exact) mass is 295 g/mol. The molecular formula is C14H11ClFNOS. The minimum atomic E-state index is -0.405. The molecule has 0 spiro atoms. The van der Waals surface area contributed by atoms with Crippen molar-refractivity contribution in [1.29, 1.82) is 0 Å². The van der Waals surface area contributed by atoms with Gasteiger partial charge in [-0.25, -0.2) is 4.39 Å². The third-order valence-electron chi connectivity index (χ3n) is 2.59. The molecule has 0 aromatic heterocycles. The van der Waals surface area contributed by atoms with Crippen LogP contribution in [-0.2, 0) is 0 Å². The average Bonchev–Trinajstić information content (AvgIpc) is 2.32. The van der Waals surface area contributed by atoms with Gasteiger partial charge < -0.3 is 10.5 Å². The molecule has 5 heteroatoms. The number of rotatable bonds is 3. The number of aryl methyl sites for hydroxylation is 1. The molecule has 2 aromatic rings. The van der Waals surface area contributed by atoms with Crippen LogP contribution < -0.4 is 10.5 Å². The molecule has 0 aliphatic carbocycles. The van der Waals surface area contributed by atoms with E-state index in [9.17, 15) is 4.39 Å². The Hall–Kier alpha value is -1.65. The van der Waals surface area contributed by atoms with E-state index >= 15 is 0 Å². The standard InChI is InChI=1S/C14H11ClFNOS/c1-8-6-10(3-4-11(8)14(17)19)18-13-5-2-9(16)7-12(13)15/h2-7H,1H3,(H2,17,19). The molecule has 0 saturated heterocycles. The fraction of sp³-hybridized carbons (Fsp3) is 0.0714. The molecule has 0 aliphatic rings. The SMILES string of the molecule is Cc1cc(Oc2ccc(F)cc2Cl)ccc1C(N)=S. The lowest BCUT2D eigenvalue weighted by Gasteiger charge is -2.10. The van der Waals surface area contributed by atoms with Crippen LogP contribution in [0.1, 0.15) is 11.1 Å². The van der Waals surface area contributed by atoms with Crippen molar-refractivity contribution in [3.05, 3.63) is 58.4 Å². The number of benzene rings is 2. The topological polar surface area (TPSA) is 35.2 Å². The van der Waals surface area contributed by atoms with Crippen molar-refractivity contribution in [3.8, 4) is 11.5 Å². The molecule has 0 heterocycles. The highest BCUT2D eigenvalue weighted by Gasteiger charge is 2.07. The van der Waals surface area contributed by atoms with E-state index in [2.05, 4.69) is 0 Å². The summed E-state index contributed by atoms with van der Waals surface area (Å²) in [5.74, 6) is 0.578. The molecule has 0 radical (unpaired) electrons. The first-order valence-electron chi connectivity index (χ1n) is 5.51. The van der Waals surface area contributed by atoms with Crippen LogP contribution in [0.5, 0.6) is 11.5 Å². The highest BCUT2D eigenvalue weighted by molar-refractivity contribution is 7.80. The maximum atomic E-state index is 12.9. The number of nitrogens with two attached hydrogens (primary N) is 1. The maximum absolute atomic E-state index is 12.9. The Bertz CT molecular complexity index is 645. The Morgan fingerprint density at radius 2 is 2.00 bits per heavy atom. The summed E-state index contributed by atoms with van der Waals surface area (Å²) >= 11 is 10.8. The number of thiocarbonyl (C=S) groups is 1. The molecule has 0 saturated carbocycles. The Morgan fingerprint density at radius 3 is 2.58 bits per heavy atom. The van der Waals surface area contributed by atoms with Crippen molar-refractivity contribution in [1.82, 2.24) is 0 Å². The summed E-state index contributed by atoms with van der Waals surface area (Å²) in [6.07, 6.45) is 0. The van der Waals surface area contributed by atoms with E-state index in [4.69, 9.17) is 34.3 Å². The maximum Gasteiger partial charge on any atom is 0.146 e. The summed E-state index contributed by atoms with van der Waals surface area (Å²) in [7, 11) is 0. The van der Waals surface area contributed by atoms with Gasteiger partial charge in [-0.2, -0.15) is 0 Å². The third kappa shape index (κ3) is 3.22. The molecule has 2 N–H and O–H groups in total. The Morgan fingerprint density at radius 1 is 1.26 bits per heavy atom. The van der Waals surface area contributed by atoms with Crippen molar-refractivity contribution in [2.24, 2.45) is 5.73 Å². The van der Waals surface area contributed by atoms with Gasteiger partial charge in [0.2, 0.25) is 0 Å². The van der Waals surface area contributed by atoms with Crippen LogP contribution in [0.3, 0.4) is 0 Å². The first-order chi connectivity index (χ1) is 8.97. The van der Waals surface area contributed by atoms with E-state index in [1.807, 2.05) is 6.92 Å². The highest BCUT2D eigenvalue weighted by Crippen LogP contribution is 2.30. The van der Waals surface area contributed by atoms with E-state index in [-0.39, 0.29) is 5.02 Å². The van der Waals surface area contributed by atoms with Crippen LogP contribution in [-0.4, -0.2) is 4.99 Å². The Kier molecular flexibility index (Phi) is 4.02. The quantitative estimate of drug-likeness (QED) is 0.861. The minimum Gasteiger partial charge on any atom is -0.456 e. The van der Waals surface area contributed by atoms with E-state index < -0.39 is 5.82 Å². The van der Waals surface area contributed by atoms with Crippen LogP contribution in [0, 0.1) is 12.7 Å². The average molecular weight is 296 g/mol. The molecule has 2 aromatic carbocycles. The molecule has 0 aliphatic heterocycles. The molecule has 0 fully saturated rings. The van der Waals surface area contributed by atoms with E-state index in [0.29, 0.717) is 16.5 Å². The van der Waals surface area contributed by atoms with Crippen LogP contribution in [0.2, 0.25) is 5.02 Å². The predicted octanol–water partition coefficient (Wildman–Crippen LogP) is 4.21. The molecule has 98 valence electrons. The number of ether oxygens (including phenoxy) is 1. The molecule has 2 rings (SSSR count). The van der Waals surface area contributed by atoms with E-state index in [1.54, 1.807) is 18.2 Å². The summed E-state index contributed by atoms with van der Waals surface area (Å²) in [6.45, 7) is 1.88. The van der Waals surface area contributed by atoms with Gasteiger partial charge in [-0.05, 0) is 48.9 Å². The van der Waals surface area contributed by atoms with Gasteiger partial charge in [0.05, 0.1) is 5.02 Å². The zero-order valence-corrected chi connectivity index (χ0v) is 11.7. The lowest BCUT2D eigenvalue weighted by Crippen LogP contribution is -2.10. The zero-order valence-electron chi connectivity index (χ0n) is 10.1. The molecule has 19 heavy (non-hydrogen) atoms. The predicted molar refractivity (Wildman–Crippen MR) is 78.6 cm³/mol. The van der Waals surface area contributed by atoms with Crippen LogP contribution in [0.25, 0.3) is 0 Å². The number of hydrogen-bond acceptors (Lipinski definition) is 2. The fourth-order valence-corrected chi connectivity index (χ4v) is 2.10. The van der Waals surface area contributed by atoms with Crippen LogP contribution in [0.15, 0.2) is 36.4 Å². The summed E-state index contributed by atoms with van der Waals surface area (Å²) in [5, 5.41) is 0.219. The van der Waals surface area contributed by atoms with Crippen molar-refractivity contribution in [2.45, 2.75) is 6.92 Å². The summed E-state index contributed by atoms with van der Waals surface area (Å²) in [4.78, 5) is 0.337. The second-order valence-corrected chi connectivity index (χ2v) is 4.86. The smallest absolute Gasteiger partial charge is 0.146 e. The van der Waals surface area contributed by atoms with Gasteiger partial charge in [0.1, 0.15) is 22.3 Å². The van der Waals surface area contributed by atoms with Gasteiger partial charge in [0, 0.05) is 5.56 Å². The molecule has 0 amide bonds. The van der Waals surface area contributed by atoms with Crippen molar-refractivity contribution >= 4 is 28.8 Å². The van der Waals surface area contributed by atoms with Gasteiger partial charge in [-0.3, -0.25) is 0 Å². The summed E-state index contributed by atoms with van der Waals surface area (Å²) in [5.41, 5.74) is 7.29. The molecular weight excluding hydrogens is 285 g/mol. The molecule has 2 nitrogen and oxygen atoms in total. The Labute approximate surface area is 120 Å². The first kappa shape index (κ1) is 13.8. The highest BCUT2D eigenvalue weighted by atomic mass is 35.5. The first-order valence-corrected chi connectivity index (χ1v) is 6.29. The third-order valence-corrected chi connectivity index (χ3v) is 3.10. The molecule has 0 bridgehead atoms. The normalized spacial score (nSPS) is 10.3. The van der Waals surface area contributed by atoms with Crippen molar-refractivity contribution < 1.29 is 9.13 Å². The van der Waals surface area contributed by atoms with E-state index in [0.717, 1.165) is 11.1 Å². The molecule has 0 unspecified atom stereocenters. The van der Waals surface area contributed by atoms with Gasteiger partial charge >= 0.3 is 0 Å². The second kappa shape index (κ2) is 5.55. The van der Waals surface area contributed by atoms with Crippen molar-refractivity contribution in [2.75, 3.05) is 0 Å². The van der Waals surface area contributed by atoms with Crippen LogP contribution in [0.4, 0.5) is 4.39 Å². The summed E-state index contributed by atoms with van der Waals surface area (Å²) in [6, 6.07) is 9.29. The summed E-state index contributed by atoms with van der Waals surface area (Å²) < 4.78 is 18.5. The Balaban J connectivity index is 2.29. The second-order valence-electron chi connectivity index (χ2n) is 4.02. The van der Waals surface area contributed by atoms with Gasteiger partial charge in [-0.1, -0.05) is 23.8 Å². The van der Waals surface area contributed by atoms with Crippen LogP contribution >= 0.6 is 23.8 Å². The van der Waals surface area contributed by atoms with Gasteiger partial charge in [0.25, 0.3) is 0 Å². The zero-order chi connectivity index (χ0) is 14.0. The van der Waals surface area contributed by atoms with Crippen molar-refractivity contribution in [3.63, 3.8) is 0 Å². The van der Waals surface area contributed by atoms with Gasteiger partial charge in [-0.15, -0.1) is 0 Å². The number of halogens is 2. The number of hydrogen-bond donors (Lipinski definition) is 1. The largest absolute Gasteiger partial charge is 0.456 e. The molecule has 0 atom stereocenters. The fourth-order valence-electron chi connectivity index (χ4n) is 1.66. The minimum absolute atomic E-state index is 0.219. The van der Waals surface area contributed by atoms with E-state index in [1.165, 1.54) is 18.2 Å². The lowest BCUT2D eigenvalue weighted by atomic mass is 10.1. The lowest BCUT2D eigenvalue weighted by molar-refractivity contribution is 0.480.